The van der Waals surface area contributed by atoms with E-state index in [0.29, 0.717) is 13.2 Å². The Morgan fingerprint density at radius 1 is 0.812 bits per heavy atom. The summed E-state index contributed by atoms with van der Waals surface area (Å²) in [5.41, 5.74) is 4.56. The third-order valence-electron chi connectivity index (χ3n) is 5.40. The second kappa shape index (κ2) is 10.2. The van der Waals surface area contributed by atoms with E-state index in [1.165, 1.54) is 11.1 Å². The van der Waals surface area contributed by atoms with Gasteiger partial charge in [-0.3, -0.25) is 0 Å². The molecule has 1 aromatic heterocycles. The molecule has 3 aromatic carbocycles. The third-order valence-corrected chi connectivity index (χ3v) is 5.40. The molecule has 166 valence electrons. The van der Waals surface area contributed by atoms with Gasteiger partial charge in [0.2, 0.25) is 0 Å². The molecule has 32 heavy (non-hydrogen) atoms. The predicted molar refractivity (Wildman–Crippen MR) is 128 cm³/mol. The van der Waals surface area contributed by atoms with Crippen LogP contribution in [0, 0.1) is 13.8 Å². The number of aryl methyl sites for hydroxylation is 3. The molecule has 4 aromatic rings. The Hall–Kier alpha value is -3.47. The molecule has 0 aliphatic heterocycles. The molecule has 0 aliphatic carbocycles. The average Bonchev–Trinajstić information content (AvgIpc) is 3.14. The number of aromatic nitrogens is 2. The SMILES string of the molecule is COc1ccccc1OCc1nc2ccccc2n1CCCCOc1cc(C)cc(C)c1. The van der Waals surface area contributed by atoms with Crippen molar-refractivity contribution in [2.75, 3.05) is 13.7 Å². The normalized spacial score (nSPS) is 11.0. The van der Waals surface area contributed by atoms with Crippen molar-refractivity contribution in [3.05, 3.63) is 83.7 Å². The predicted octanol–water partition coefficient (Wildman–Crippen LogP) is 6.10. The monoisotopic (exact) mass is 430 g/mol. The van der Waals surface area contributed by atoms with Gasteiger partial charge in [0.25, 0.3) is 0 Å². The van der Waals surface area contributed by atoms with Crippen LogP contribution in [-0.2, 0) is 13.2 Å². The molecule has 0 aliphatic rings. The molecule has 0 unspecified atom stereocenters. The molecule has 0 fully saturated rings. The molecule has 5 heteroatoms. The second-order valence-corrected chi connectivity index (χ2v) is 7.99. The molecule has 0 amide bonds. The van der Waals surface area contributed by atoms with Crippen LogP contribution in [0.4, 0.5) is 0 Å². The smallest absolute Gasteiger partial charge is 0.161 e. The van der Waals surface area contributed by atoms with E-state index in [4.69, 9.17) is 19.2 Å². The quantitative estimate of drug-likeness (QED) is 0.285. The van der Waals surface area contributed by atoms with Crippen LogP contribution in [0.2, 0.25) is 0 Å². The van der Waals surface area contributed by atoms with E-state index in [-0.39, 0.29) is 0 Å². The van der Waals surface area contributed by atoms with E-state index in [2.05, 4.69) is 48.7 Å². The van der Waals surface area contributed by atoms with Crippen LogP contribution in [0.15, 0.2) is 66.7 Å². The number of fused-ring (bicyclic) bond motifs is 1. The highest BCUT2D eigenvalue weighted by molar-refractivity contribution is 5.75. The fraction of sp³-hybridized carbons (Fsp3) is 0.296. The number of rotatable bonds is 10. The van der Waals surface area contributed by atoms with E-state index in [0.717, 1.165) is 53.5 Å². The molecule has 4 rings (SSSR count). The van der Waals surface area contributed by atoms with Gasteiger partial charge in [-0.1, -0.05) is 30.3 Å². The van der Waals surface area contributed by atoms with Crippen LogP contribution < -0.4 is 14.2 Å². The maximum atomic E-state index is 6.06. The lowest BCUT2D eigenvalue weighted by molar-refractivity contribution is 0.270. The zero-order chi connectivity index (χ0) is 22.3. The Bertz CT molecular complexity index is 1160. The molecule has 5 nitrogen and oxygen atoms in total. The molecule has 0 bridgehead atoms. The summed E-state index contributed by atoms with van der Waals surface area (Å²) >= 11 is 0. The number of unbranched alkanes of at least 4 members (excludes halogenated alkanes) is 1. The Labute approximate surface area is 189 Å². The molecule has 0 N–H and O–H groups in total. The van der Waals surface area contributed by atoms with E-state index < -0.39 is 0 Å². The lowest BCUT2D eigenvalue weighted by Crippen LogP contribution is -2.09. The molecule has 0 spiro atoms. The van der Waals surface area contributed by atoms with Gasteiger partial charge in [-0.25, -0.2) is 4.98 Å². The average molecular weight is 431 g/mol. The number of hydrogen-bond donors (Lipinski definition) is 0. The topological polar surface area (TPSA) is 45.5 Å². The molecule has 0 saturated heterocycles. The summed E-state index contributed by atoms with van der Waals surface area (Å²) in [6, 6.07) is 22.2. The molecule has 0 atom stereocenters. The first-order chi connectivity index (χ1) is 15.6. The Morgan fingerprint density at radius 3 is 2.31 bits per heavy atom. The van der Waals surface area contributed by atoms with E-state index >= 15 is 0 Å². The fourth-order valence-electron chi connectivity index (χ4n) is 3.94. The first-order valence-corrected chi connectivity index (χ1v) is 11.0. The molecule has 0 saturated carbocycles. The Kier molecular flexibility index (Phi) is 6.95. The van der Waals surface area contributed by atoms with Crippen LogP contribution in [-0.4, -0.2) is 23.3 Å². The fourth-order valence-corrected chi connectivity index (χ4v) is 3.94. The van der Waals surface area contributed by atoms with Gasteiger partial charge < -0.3 is 18.8 Å². The lowest BCUT2D eigenvalue weighted by atomic mass is 10.1. The third kappa shape index (κ3) is 5.22. The van der Waals surface area contributed by atoms with Gasteiger partial charge in [-0.2, -0.15) is 0 Å². The number of ether oxygens (including phenoxy) is 3. The summed E-state index contributed by atoms with van der Waals surface area (Å²) in [6.45, 7) is 6.13. The first kappa shape index (κ1) is 21.8. The summed E-state index contributed by atoms with van der Waals surface area (Å²) in [7, 11) is 1.65. The summed E-state index contributed by atoms with van der Waals surface area (Å²) in [4.78, 5) is 4.82. The van der Waals surface area contributed by atoms with Crippen molar-refractivity contribution in [1.29, 1.82) is 0 Å². The van der Waals surface area contributed by atoms with Crippen LogP contribution in [0.5, 0.6) is 17.2 Å². The maximum Gasteiger partial charge on any atom is 0.161 e. The maximum absolute atomic E-state index is 6.06. The zero-order valence-corrected chi connectivity index (χ0v) is 19.0. The van der Waals surface area contributed by atoms with Crippen molar-refractivity contribution in [1.82, 2.24) is 9.55 Å². The summed E-state index contributed by atoms with van der Waals surface area (Å²) in [5.74, 6) is 3.29. The Balaban J connectivity index is 1.40. The number of methoxy groups -OCH3 is 1. The van der Waals surface area contributed by atoms with E-state index in [1.807, 2.05) is 36.4 Å². The van der Waals surface area contributed by atoms with E-state index in [9.17, 15) is 0 Å². The standard InChI is InChI=1S/C27H30N2O3/c1-20-16-21(2)18-22(17-20)31-15-9-8-14-29-24-11-5-4-10-23(24)28-27(29)19-32-26-13-7-6-12-25(26)30-3/h4-7,10-13,16-18H,8-9,14-15,19H2,1-3H3. The van der Waals surface area contributed by atoms with Gasteiger partial charge in [0, 0.05) is 6.54 Å². The second-order valence-electron chi connectivity index (χ2n) is 7.99. The first-order valence-electron chi connectivity index (χ1n) is 11.0. The zero-order valence-electron chi connectivity index (χ0n) is 19.0. The minimum Gasteiger partial charge on any atom is -0.494 e. The van der Waals surface area contributed by atoms with Gasteiger partial charge in [-0.15, -0.1) is 0 Å². The summed E-state index contributed by atoms with van der Waals surface area (Å²) in [6.07, 6.45) is 1.96. The highest BCUT2D eigenvalue weighted by atomic mass is 16.5. The van der Waals surface area contributed by atoms with Crippen LogP contribution in [0.1, 0.15) is 29.8 Å². The molecule has 0 radical (unpaired) electrons. The van der Waals surface area contributed by atoms with Gasteiger partial charge in [-0.05, 0) is 74.2 Å². The van der Waals surface area contributed by atoms with Crippen LogP contribution in [0.25, 0.3) is 11.0 Å². The highest BCUT2D eigenvalue weighted by Gasteiger charge is 2.12. The number of hydrogen-bond acceptors (Lipinski definition) is 4. The van der Waals surface area contributed by atoms with Crippen LogP contribution >= 0.6 is 0 Å². The van der Waals surface area contributed by atoms with Crippen molar-refractivity contribution in [2.45, 2.75) is 39.8 Å². The minimum atomic E-state index is 0.383. The largest absolute Gasteiger partial charge is 0.494 e. The molecular formula is C27H30N2O3. The van der Waals surface area contributed by atoms with Crippen molar-refractivity contribution in [3.63, 3.8) is 0 Å². The lowest BCUT2D eigenvalue weighted by Gasteiger charge is -2.13. The highest BCUT2D eigenvalue weighted by Crippen LogP contribution is 2.27. The van der Waals surface area contributed by atoms with Gasteiger partial charge >= 0.3 is 0 Å². The van der Waals surface area contributed by atoms with Gasteiger partial charge in [0.1, 0.15) is 18.2 Å². The Morgan fingerprint density at radius 2 is 1.53 bits per heavy atom. The van der Waals surface area contributed by atoms with Gasteiger partial charge in [0.05, 0.1) is 24.8 Å². The number of para-hydroxylation sites is 4. The van der Waals surface area contributed by atoms with Gasteiger partial charge in [0.15, 0.2) is 11.5 Å². The van der Waals surface area contributed by atoms with Crippen molar-refractivity contribution in [3.8, 4) is 17.2 Å². The summed E-state index contributed by atoms with van der Waals surface area (Å²) < 4.78 is 19.7. The van der Waals surface area contributed by atoms with E-state index in [1.54, 1.807) is 7.11 Å². The number of imidazole rings is 1. The number of benzene rings is 3. The molecule has 1 heterocycles. The summed E-state index contributed by atoms with van der Waals surface area (Å²) in [5, 5.41) is 0. The number of nitrogens with zero attached hydrogens (tertiary/aromatic N) is 2. The van der Waals surface area contributed by atoms with Crippen molar-refractivity contribution >= 4 is 11.0 Å². The van der Waals surface area contributed by atoms with Crippen molar-refractivity contribution < 1.29 is 14.2 Å². The minimum absolute atomic E-state index is 0.383. The van der Waals surface area contributed by atoms with Crippen molar-refractivity contribution in [2.24, 2.45) is 0 Å². The van der Waals surface area contributed by atoms with Crippen LogP contribution in [0.3, 0.4) is 0 Å². The molecular weight excluding hydrogens is 400 g/mol.